The maximum Gasteiger partial charge on any atom is 0.416 e. The standard InChI is InChI=1S/C15H19F4NO/c16-13-9-11(8-12(10-13)15(17,18)19)2-1-3-14(21)4-6-20-7-5-14/h8-10,20-21H,1-7H2. The summed E-state index contributed by atoms with van der Waals surface area (Å²) in [5.74, 6) is -0.875. The Labute approximate surface area is 121 Å². The molecule has 1 heterocycles. The summed E-state index contributed by atoms with van der Waals surface area (Å²) in [6.07, 6.45) is -1.86. The Hall–Kier alpha value is -1.14. The quantitative estimate of drug-likeness (QED) is 0.837. The summed E-state index contributed by atoms with van der Waals surface area (Å²) < 4.78 is 51.1. The van der Waals surface area contributed by atoms with E-state index in [2.05, 4.69) is 5.32 Å². The number of nitrogens with one attached hydrogen (secondary N) is 1. The topological polar surface area (TPSA) is 32.3 Å². The largest absolute Gasteiger partial charge is 0.416 e. The van der Waals surface area contributed by atoms with Gasteiger partial charge in [-0.15, -0.1) is 0 Å². The molecule has 0 spiro atoms. The van der Waals surface area contributed by atoms with Crippen molar-refractivity contribution >= 4 is 0 Å². The summed E-state index contributed by atoms with van der Waals surface area (Å²) in [6, 6.07) is 2.61. The van der Waals surface area contributed by atoms with E-state index in [-0.39, 0.29) is 0 Å². The van der Waals surface area contributed by atoms with E-state index in [1.807, 2.05) is 0 Å². The van der Waals surface area contributed by atoms with Crippen molar-refractivity contribution in [3.8, 4) is 0 Å². The van der Waals surface area contributed by atoms with Gasteiger partial charge in [-0.1, -0.05) is 0 Å². The number of aliphatic hydroxyl groups is 1. The van der Waals surface area contributed by atoms with Crippen LogP contribution in [-0.2, 0) is 12.6 Å². The zero-order chi connectivity index (χ0) is 15.5. The minimum atomic E-state index is -4.54. The molecular formula is C15H19F4NO. The predicted octanol–water partition coefficient (Wildman–Crippen LogP) is 3.28. The van der Waals surface area contributed by atoms with Crippen molar-refractivity contribution in [2.45, 2.75) is 43.9 Å². The smallest absolute Gasteiger partial charge is 0.390 e. The lowest BCUT2D eigenvalue weighted by atomic mass is 9.86. The summed E-state index contributed by atoms with van der Waals surface area (Å²) in [5.41, 5.74) is -1.39. The van der Waals surface area contributed by atoms with Crippen LogP contribution in [0.25, 0.3) is 0 Å². The lowest BCUT2D eigenvalue weighted by molar-refractivity contribution is -0.137. The van der Waals surface area contributed by atoms with Crippen LogP contribution in [0.4, 0.5) is 17.6 Å². The molecule has 0 amide bonds. The van der Waals surface area contributed by atoms with Crippen LogP contribution in [0.2, 0.25) is 0 Å². The van der Waals surface area contributed by atoms with Gasteiger partial charge in [0, 0.05) is 0 Å². The van der Waals surface area contributed by atoms with E-state index in [0.717, 1.165) is 25.2 Å². The molecule has 2 nitrogen and oxygen atoms in total. The fourth-order valence-electron chi connectivity index (χ4n) is 2.72. The van der Waals surface area contributed by atoms with E-state index >= 15 is 0 Å². The van der Waals surface area contributed by atoms with Crippen LogP contribution in [0.3, 0.4) is 0 Å². The van der Waals surface area contributed by atoms with Gasteiger partial charge in [0.05, 0.1) is 11.2 Å². The van der Waals surface area contributed by atoms with E-state index in [4.69, 9.17) is 0 Å². The SMILES string of the molecule is OC1(CCCc2cc(F)cc(C(F)(F)F)c2)CCNCC1. The zero-order valence-corrected chi connectivity index (χ0v) is 11.6. The molecule has 0 saturated carbocycles. The summed E-state index contributed by atoms with van der Waals surface area (Å²) in [6.45, 7) is 1.49. The molecule has 0 atom stereocenters. The first kappa shape index (κ1) is 16.2. The normalized spacial score (nSPS) is 18.7. The first-order chi connectivity index (χ1) is 9.78. The monoisotopic (exact) mass is 305 g/mol. The fraction of sp³-hybridized carbons (Fsp3) is 0.600. The average Bonchev–Trinajstić information content (AvgIpc) is 2.37. The maximum atomic E-state index is 13.3. The van der Waals surface area contributed by atoms with Crippen molar-refractivity contribution < 1.29 is 22.7 Å². The second kappa shape index (κ2) is 6.32. The highest BCUT2D eigenvalue weighted by Gasteiger charge is 2.31. The van der Waals surface area contributed by atoms with E-state index in [1.54, 1.807) is 0 Å². The summed E-state index contributed by atoms with van der Waals surface area (Å²) in [5, 5.41) is 13.4. The van der Waals surface area contributed by atoms with Crippen LogP contribution >= 0.6 is 0 Å². The van der Waals surface area contributed by atoms with Gasteiger partial charge >= 0.3 is 6.18 Å². The molecular weight excluding hydrogens is 286 g/mol. The van der Waals surface area contributed by atoms with Crippen molar-refractivity contribution in [1.29, 1.82) is 0 Å². The van der Waals surface area contributed by atoms with Gasteiger partial charge in [-0.25, -0.2) is 4.39 Å². The molecule has 118 valence electrons. The fourth-order valence-corrected chi connectivity index (χ4v) is 2.72. The summed E-state index contributed by atoms with van der Waals surface area (Å²) in [7, 11) is 0. The molecule has 1 aromatic carbocycles. The van der Waals surface area contributed by atoms with Gasteiger partial charge in [0.1, 0.15) is 5.82 Å². The van der Waals surface area contributed by atoms with E-state index < -0.39 is 23.2 Å². The maximum absolute atomic E-state index is 13.3. The van der Waals surface area contributed by atoms with Crippen LogP contribution in [0.15, 0.2) is 18.2 Å². The zero-order valence-electron chi connectivity index (χ0n) is 11.6. The second-order valence-corrected chi connectivity index (χ2v) is 5.67. The Kier molecular flexibility index (Phi) is 4.88. The number of alkyl halides is 3. The second-order valence-electron chi connectivity index (χ2n) is 5.67. The predicted molar refractivity (Wildman–Crippen MR) is 71.4 cm³/mol. The van der Waals surface area contributed by atoms with Crippen molar-refractivity contribution in [3.63, 3.8) is 0 Å². The third-order valence-electron chi connectivity index (χ3n) is 3.93. The lowest BCUT2D eigenvalue weighted by Gasteiger charge is -2.32. The highest BCUT2D eigenvalue weighted by atomic mass is 19.4. The van der Waals surface area contributed by atoms with Crippen LogP contribution < -0.4 is 5.32 Å². The summed E-state index contributed by atoms with van der Waals surface area (Å²) >= 11 is 0. The van der Waals surface area contributed by atoms with Gasteiger partial charge in [0.2, 0.25) is 0 Å². The molecule has 1 aliphatic rings. The third kappa shape index (κ3) is 4.68. The van der Waals surface area contributed by atoms with E-state index in [9.17, 15) is 22.7 Å². The van der Waals surface area contributed by atoms with Crippen LogP contribution in [0.1, 0.15) is 36.8 Å². The average molecular weight is 305 g/mol. The molecule has 1 saturated heterocycles. The number of hydrogen-bond donors (Lipinski definition) is 2. The Morgan fingerprint density at radius 3 is 2.43 bits per heavy atom. The number of hydrogen-bond acceptors (Lipinski definition) is 2. The molecule has 0 bridgehead atoms. The van der Waals surface area contributed by atoms with Crippen molar-refractivity contribution in [1.82, 2.24) is 5.32 Å². The van der Waals surface area contributed by atoms with E-state index in [0.29, 0.717) is 43.7 Å². The first-order valence-electron chi connectivity index (χ1n) is 7.08. The lowest BCUT2D eigenvalue weighted by Crippen LogP contribution is -2.41. The summed E-state index contributed by atoms with van der Waals surface area (Å²) in [4.78, 5) is 0. The van der Waals surface area contributed by atoms with Crippen molar-refractivity contribution in [2.75, 3.05) is 13.1 Å². The van der Waals surface area contributed by atoms with E-state index in [1.165, 1.54) is 0 Å². The number of benzene rings is 1. The Morgan fingerprint density at radius 2 is 1.81 bits per heavy atom. The number of piperidine rings is 1. The molecule has 1 aliphatic heterocycles. The Bertz CT molecular complexity index is 481. The molecule has 2 N–H and O–H groups in total. The molecule has 1 aromatic rings. The van der Waals surface area contributed by atoms with Gasteiger partial charge in [-0.3, -0.25) is 0 Å². The van der Waals surface area contributed by atoms with Gasteiger partial charge in [0.25, 0.3) is 0 Å². The number of halogens is 4. The van der Waals surface area contributed by atoms with Crippen molar-refractivity contribution in [2.24, 2.45) is 0 Å². The van der Waals surface area contributed by atoms with Crippen molar-refractivity contribution in [3.05, 3.63) is 35.1 Å². The number of aryl methyl sites for hydroxylation is 1. The molecule has 0 radical (unpaired) electrons. The molecule has 0 aliphatic carbocycles. The minimum Gasteiger partial charge on any atom is -0.390 e. The van der Waals surface area contributed by atoms with Crippen LogP contribution in [0.5, 0.6) is 0 Å². The molecule has 0 aromatic heterocycles. The number of rotatable bonds is 4. The Balaban J connectivity index is 1.95. The van der Waals surface area contributed by atoms with Crippen LogP contribution in [-0.4, -0.2) is 23.8 Å². The minimum absolute atomic E-state index is 0.319. The highest BCUT2D eigenvalue weighted by Crippen LogP contribution is 2.31. The van der Waals surface area contributed by atoms with Crippen LogP contribution in [0, 0.1) is 5.82 Å². The van der Waals surface area contributed by atoms with Gasteiger partial charge < -0.3 is 10.4 Å². The molecule has 6 heteroatoms. The molecule has 1 fully saturated rings. The van der Waals surface area contributed by atoms with Gasteiger partial charge in [-0.05, 0) is 69.0 Å². The first-order valence-corrected chi connectivity index (χ1v) is 7.08. The third-order valence-corrected chi connectivity index (χ3v) is 3.93. The molecule has 2 rings (SSSR count). The van der Waals surface area contributed by atoms with Gasteiger partial charge in [-0.2, -0.15) is 13.2 Å². The van der Waals surface area contributed by atoms with Gasteiger partial charge in [0.15, 0.2) is 0 Å². The Morgan fingerprint density at radius 1 is 1.14 bits per heavy atom. The molecule has 21 heavy (non-hydrogen) atoms. The highest BCUT2D eigenvalue weighted by molar-refractivity contribution is 5.27. The molecule has 0 unspecified atom stereocenters.